The van der Waals surface area contributed by atoms with Crippen LogP contribution in [0.25, 0.3) is 0 Å². The molecule has 0 aliphatic carbocycles. The molecule has 0 atom stereocenters. The number of aromatic amines is 1. The fourth-order valence-electron chi connectivity index (χ4n) is 1.41. The van der Waals surface area contributed by atoms with Crippen molar-refractivity contribution in [3.05, 3.63) is 30.0 Å². The maximum Gasteiger partial charge on any atom is 0.277 e. The van der Waals surface area contributed by atoms with Crippen molar-refractivity contribution < 1.29 is 4.79 Å². The van der Waals surface area contributed by atoms with E-state index in [1.54, 1.807) is 17.1 Å². The molecule has 0 spiro atoms. The molecule has 2 heterocycles. The molecule has 0 saturated heterocycles. The number of imidazole rings is 1. The lowest BCUT2D eigenvalue weighted by Crippen LogP contribution is -2.12. The van der Waals surface area contributed by atoms with Gasteiger partial charge in [-0.25, -0.2) is 4.98 Å². The topological polar surface area (TPSA) is 75.6 Å². The van der Waals surface area contributed by atoms with E-state index >= 15 is 0 Å². The Morgan fingerprint density at radius 3 is 2.82 bits per heavy atom. The van der Waals surface area contributed by atoms with Crippen LogP contribution in [0.1, 0.15) is 35.9 Å². The van der Waals surface area contributed by atoms with Crippen molar-refractivity contribution in [3.8, 4) is 0 Å². The van der Waals surface area contributed by atoms with E-state index in [4.69, 9.17) is 0 Å². The zero-order valence-electron chi connectivity index (χ0n) is 10.1. The number of anilines is 1. The van der Waals surface area contributed by atoms with E-state index in [-0.39, 0.29) is 5.91 Å². The van der Waals surface area contributed by atoms with Crippen LogP contribution in [0.2, 0.25) is 0 Å². The fraction of sp³-hybridized carbons (Fsp3) is 0.364. The smallest absolute Gasteiger partial charge is 0.277 e. The van der Waals surface area contributed by atoms with Gasteiger partial charge in [0, 0.05) is 25.0 Å². The van der Waals surface area contributed by atoms with Crippen molar-refractivity contribution in [1.29, 1.82) is 0 Å². The Morgan fingerprint density at radius 1 is 1.53 bits per heavy atom. The third-order valence-electron chi connectivity index (χ3n) is 2.40. The van der Waals surface area contributed by atoms with Gasteiger partial charge in [-0.3, -0.25) is 9.89 Å². The SMILES string of the molecule is CC(C)c1cc(NC(=O)c2cn(C)cn2)n[nH]1. The van der Waals surface area contributed by atoms with Crippen LogP contribution in [0, 0.1) is 0 Å². The van der Waals surface area contributed by atoms with Gasteiger partial charge in [0.25, 0.3) is 5.91 Å². The lowest BCUT2D eigenvalue weighted by Gasteiger charge is -1.98. The molecule has 6 nitrogen and oxygen atoms in total. The van der Waals surface area contributed by atoms with Gasteiger partial charge >= 0.3 is 0 Å². The van der Waals surface area contributed by atoms with Gasteiger partial charge in [0.1, 0.15) is 5.69 Å². The van der Waals surface area contributed by atoms with Crippen molar-refractivity contribution in [2.75, 3.05) is 5.32 Å². The minimum atomic E-state index is -0.257. The molecule has 2 N–H and O–H groups in total. The Hall–Kier alpha value is -2.11. The Morgan fingerprint density at radius 2 is 2.29 bits per heavy atom. The lowest BCUT2D eigenvalue weighted by molar-refractivity contribution is 0.102. The number of hydrogen-bond acceptors (Lipinski definition) is 3. The van der Waals surface area contributed by atoms with Gasteiger partial charge in [-0.15, -0.1) is 0 Å². The number of carbonyl (C=O) groups is 1. The van der Waals surface area contributed by atoms with E-state index in [0.717, 1.165) is 5.69 Å². The molecule has 0 aliphatic heterocycles. The van der Waals surface area contributed by atoms with Crippen molar-refractivity contribution in [2.45, 2.75) is 19.8 Å². The summed E-state index contributed by atoms with van der Waals surface area (Å²) in [6, 6.07) is 1.82. The van der Waals surface area contributed by atoms with Crippen LogP contribution in [0.3, 0.4) is 0 Å². The second kappa shape index (κ2) is 4.40. The Kier molecular flexibility index (Phi) is 2.95. The third-order valence-corrected chi connectivity index (χ3v) is 2.40. The van der Waals surface area contributed by atoms with Gasteiger partial charge in [0.15, 0.2) is 5.82 Å². The van der Waals surface area contributed by atoms with Crippen LogP contribution in [-0.4, -0.2) is 25.7 Å². The maximum absolute atomic E-state index is 11.8. The molecular formula is C11H15N5O. The van der Waals surface area contributed by atoms with Crippen molar-refractivity contribution in [1.82, 2.24) is 19.7 Å². The first-order valence-electron chi connectivity index (χ1n) is 5.41. The van der Waals surface area contributed by atoms with Gasteiger partial charge in [0.2, 0.25) is 0 Å². The minimum Gasteiger partial charge on any atom is -0.340 e. The normalized spacial score (nSPS) is 10.8. The molecule has 0 aliphatic rings. The van der Waals surface area contributed by atoms with Crippen LogP contribution < -0.4 is 5.32 Å². The van der Waals surface area contributed by atoms with E-state index in [9.17, 15) is 4.79 Å². The molecule has 0 saturated carbocycles. The van der Waals surface area contributed by atoms with Crippen molar-refractivity contribution in [3.63, 3.8) is 0 Å². The van der Waals surface area contributed by atoms with Gasteiger partial charge < -0.3 is 9.88 Å². The van der Waals surface area contributed by atoms with Gasteiger partial charge in [0.05, 0.1) is 6.33 Å². The van der Waals surface area contributed by atoms with E-state index in [1.165, 1.54) is 0 Å². The van der Waals surface area contributed by atoms with E-state index in [2.05, 4.69) is 34.3 Å². The van der Waals surface area contributed by atoms with Crippen LogP contribution in [-0.2, 0) is 7.05 Å². The second-order valence-electron chi connectivity index (χ2n) is 4.24. The molecule has 6 heteroatoms. The van der Waals surface area contributed by atoms with Crippen LogP contribution >= 0.6 is 0 Å². The number of H-pyrrole nitrogens is 1. The fourth-order valence-corrected chi connectivity index (χ4v) is 1.41. The van der Waals surface area contributed by atoms with Crippen molar-refractivity contribution >= 4 is 11.7 Å². The predicted octanol–water partition coefficient (Wildman–Crippen LogP) is 1.52. The number of hydrogen-bond donors (Lipinski definition) is 2. The summed E-state index contributed by atoms with van der Waals surface area (Å²) in [6.07, 6.45) is 3.24. The molecule has 2 rings (SSSR count). The first kappa shape index (κ1) is 11.4. The number of aryl methyl sites for hydroxylation is 1. The average Bonchev–Trinajstić information content (AvgIpc) is 2.86. The second-order valence-corrected chi connectivity index (χ2v) is 4.24. The molecule has 1 amide bonds. The molecule has 17 heavy (non-hydrogen) atoms. The highest BCUT2D eigenvalue weighted by atomic mass is 16.2. The summed E-state index contributed by atoms with van der Waals surface area (Å²) in [5.74, 6) is 0.611. The molecule has 2 aromatic heterocycles. The Balaban J connectivity index is 2.07. The highest BCUT2D eigenvalue weighted by Crippen LogP contribution is 2.15. The predicted molar refractivity (Wildman–Crippen MR) is 63.8 cm³/mol. The number of carbonyl (C=O) groups excluding carboxylic acids is 1. The van der Waals surface area contributed by atoms with E-state index < -0.39 is 0 Å². The molecule has 2 aromatic rings. The molecule has 0 bridgehead atoms. The molecule has 0 unspecified atom stereocenters. The van der Waals surface area contributed by atoms with Gasteiger partial charge in [-0.05, 0) is 5.92 Å². The minimum absolute atomic E-state index is 0.257. The molecule has 0 aromatic carbocycles. The highest BCUT2D eigenvalue weighted by Gasteiger charge is 2.11. The van der Waals surface area contributed by atoms with E-state index in [1.807, 2.05) is 13.1 Å². The number of nitrogens with zero attached hydrogens (tertiary/aromatic N) is 3. The monoisotopic (exact) mass is 233 g/mol. The number of aromatic nitrogens is 4. The summed E-state index contributed by atoms with van der Waals surface area (Å²) in [7, 11) is 1.81. The van der Waals surface area contributed by atoms with E-state index in [0.29, 0.717) is 17.4 Å². The molecule has 0 radical (unpaired) electrons. The number of amides is 1. The van der Waals surface area contributed by atoms with Gasteiger partial charge in [-0.1, -0.05) is 13.8 Å². The summed E-state index contributed by atoms with van der Waals surface area (Å²) >= 11 is 0. The Bertz CT molecular complexity index is 525. The molecule has 90 valence electrons. The Labute approximate surface area is 99.1 Å². The van der Waals surface area contributed by atoms with Crippen LogP contribution in [0.15, 0.2) is 18.6 Å². The summed E-state index contributed by atoms with van der Waals surface area (Å²) in [5, 5.41) is 9.58. The van der Waals surface area contributed by atoms with Crippen LogP contribution in [0.5, 0.6) is 0 Å². The zero-order chi connectivity index (χ0) is 12.4. The summed E-state index contributed by atoms with van der Waals surface area (Å²) < 4.78 is 1.72. The number of nitrogens with one attached hydrogen (secondary N) is 2. The molecule has 0 fully saturated rings. The van der Waals surface area contributed by atoms with Crippen LogP contribution in [0.4, 0.5) is 5.82 Å². The van der Waals surface area contributed by atoms with Crippen molar-refractivity contribution in [2.24, 2.45) is 7.05 Å². The lowest BCUT2D eigenvalue weighted by atomic mass is 10.1. The molecular weight excluding hydrogens is 218 g/mol. The van der Waals surface area contributed by atoms with Gasteiger partial charge in [-0.2, -0.15) is 5.10 Å². The first-order valence-corrected chi connectivity index (χ1v) is 5.41. The largest absolute Gasteiger partial charge is 0.340 e. The summed E-state index contributed by atoms with van der Waals surface area (Å²) in [6.45, 7) is 4.11. The first-order chi connectivity index (χ1) is 8.06. The number of rotatable bonds is 3. The standard InChI is InChI=1S/C11H15N5O/c1-7(2)8-4-10(15-14-8)13-11(17)9-5-16(3)6-12-9/h4-7H,1-3H3,(H2,13,14,15,17). The quantitative estimate of drug-likeness (QED) is 0.843. The summed E-state index contributed by atoms with van der Waals surface area (Å²) in [5.41, 5.74) is 1.36. The third kappa shape index (κ3) is 2.52. The average molecular weight is 233 g/mol. The highest BCUT2D eigenvalue weighted by molar-refractivity contribution is 6.02. The maximum atomic E-state index is 11.8. The zero-order valence-corrected chi connectivity index (χ0v) is 10.1. The summed E-state index contributed by atoms with van der Waals surface area (Å²) in [4.78, 5) is 15.7.